The average molecular weight is 259 g/mol. The topological polar surface area (TPSA) is 53.1 Å². The highest BCUT2D eigenvalue weighted by Gasteiger charge is 2.13. The number of methoxy groups -OCH3 is 1. The predicted molar refractivity (Wildman–Crippen MR) is 76.3 cm³/mol. The van der Waals surface area contributed by atoms with Crippen LogP contribution in [0, 0.1) is 6.92 Å². The second-order valence-electron chi connectivity index (χ2n) is 4.76. The summed E-state index contributed by atoms with van der Waals surface area (Å²) in [6.45, 7) is 5.01. The van der Waals surface area contributed by atoms with E-state index in [-0.39, 0.29) is 6.04 Å². The lowest BCUT2D eigenvalue weighted by Gasteiger charge is -2.15. The van der Waals surface area contributed by atoms with Gasteiger partial charge in [0.1, 0.15) is 5.75 Å². The van der Waals surface area contributed by atoms with Crippen molar-refractivity contribution in [1.82, 2.24) is 9.78 Å². The number of aromatic nitrogens is 2. The van der Waals surface area contributed by atoms with Gasteiger partial charge < -0.3 is 10.5 Å². The Kier molecular flexibility index (Phi) is 4.22. The van der Waals surface area contributed by atoms with Crippen LogP contribution in [0.25, 0.3) is 0 Å². The third-order valence-electron chi connectivity index (χ3n) is 3.25. The molecule has 0 spiro atoms. The van der Waals surface area contributed by atoms with Crippen LogP contribution >= 0.6 is 0 Å². The molecule has 1 unspecified atom stereocenters. The Bertz CT molecular complexity index is 548. The Hall–Kier alpha value is -1.81. The van der Waals surface area contributed by atoms with Crippen LogP contribution in [0.2, 0.25) is 0 Å². The first-order chi connectivity index (χ1) is 9.13. The van der Waals surface area contributed by atoms with E-state index in [1.165, 1.54) is 5.56 Å². The van der Waals surface area contributed by atoms with Crippen molar-refractivity contribution in [2.75, 3.05) is 7.11 Å². The van der Waals surface area contributed by atoms with Crippen molar-refractivity contribution in [3.8, 4) is 5.75 Å². The van der Waals surface area contributed by atoms with Crippen LogP contribution in [0.15, 0.2) is 30.6 Å². The van der Waals surface area contributed by atoms with Gasteiger partial charge in [-0.25, -0.2) is 0 Å². The monoisotopic (exact) mass is 259 g/mol. The Balaban J connectivity index is 2.19. The molecule has 1 heterocycles. The average Bonchev–Trinajstić information content (AvgIpc) is 2.86. The lowest BCUT2D eigenvalue weighted by atomic mass is 9.99. The van der Waals surface area contributed by atoms with Gasteiger partial charge in [0.05, 0.1) is 13.3 Å². The minimum atomic E-state index is -0.0793. The zero-order valence-electron chi connectivity index (χ0n) is 11.8. The fourth-order valence-electron chi connectivity index (χ4n) is 2.19. The van der Waals surface area contributed by atoms with Gasteiger partial charge in [0.25, 0.3) is 0 Å². The normalized spacial score (nSPS) is 12.4. The van der Waals surface area contributed by atoms with Gasteiger partial charge in [-0.15, -0.1) is 0 Å². The van der Waals surface area contributed by atoms with E-state index in [2.05, 4.69) is 25.0 Å². The molecule has 0 fully saturated rings. The Labute approximate surface area is 114 Å². The maximum atomic E-state index is 6.31. The molecule has 0 radical (unpaired) electrons. The second kappa shape index (κ2) is 5.89. The summed E-state index contributed by atoms with van der Waals surface area (Å²) in [7, 11) is 1.68. The summed E-state index contributed by atoms with van der Waals surface area (Å²) >= 11 is 0. The van der Waals surface area contributed by atoms with E-state index in [1.807, 2.05) is 29.2 Å². The minimum Gasteiger partial charge on any atom is -0.496 e. The van der Waals surface area contributed by atoms with Crippen LogP contribution in [0.5, 0.6) is 5.75 Å². The van der Waals surface area contributed by atoms with Gasteiger partial charge in [-0.1, -0.05) is 17.7 Å². The van der Waals surface area contributed by atoms with E-state index in [4.69, 9.17) is 10.5 Å². The number of rotatable bonds is 5. The van der Waals surface area contributed by atoms with Crippen molar-refractivity contribution in [2.24, 2.45) is 5.73 Å². The summed E-state index contributed by atoms with van der Waals surface area (Å²) in [5.74, 6) is 0.848. The van der Waals surface area contributed by atoms with Crippen LogP contribution in [-0.2, 0) is 13.0 Å². The van der Waals surface area contributed by atoms with Crippen LogP contribution in [-0.4, -0.2) is 16.9 Å². The summed E-state index contributed by atoms with van der Waals surface area (Å²) in [6.07, 6.45) is 4.69. The molecule has 0 aliphatic carbocycles. The molecule has 0 bridgehead atoms. The highest BCUT2D eigenvalue weighted by Crippen LogP contribution is 2.27. The molecule has 1 atom stereocenters. The van der Waals surface area contributed by atoms with E-state index in [0.717, 1.165) is 29.8 Å². The maximum Gasteiger partial charge on any atom is 0.123 e. The van der Waals surface area contributed by atoms with Gasteiger partial charge in [0, 0.05) is 24.3 Å². The fourth-order valence-corrected chi connectivity index (χ4v) is 2.19. The number of nitrogens with zero attached hydrogens (tertiary/aromatic N) is 2. The molecule has 2 aromatic rings. The number of benzene rings is 1. The first kappa shape index (κ1) is 13.6. The molecular weight excluding hydrogens is 238 g/mol. The van der Waals surface area contributed by atoms with E-state index in [0.29, 0.717) is 0 Å². The molecule has 4 heteroatoms. The van der Waals surface area contributed by atoms with E-state index in [1.54, 1.807) is 7.11 Å². The minimum absolute atomic E-state index is 0.0793. The molecular formula is C15H21N3O. The SMILES string of the molecule is CCn1cc(CC(N)c2cc(C)ccc2OC)cn1. The van der Waals surface area contributed by atoms with Crippen LogP contribution in [0.4, 0.5) is 0 Å². The first-order valence-corrected chi connectivity index (χ1v) is 6.55. The molecule has 0 aliphatic heterocycles. The lowest BCUT2D eigenvalue weighted by Crippen LogP contribution is -2.14. The van der Waals surface area contributed by atoms with Crippen molar-refractivity contribution < 1.29 is 4.74 Å². The molecule has 2 rings (SSSR count). The molecule has 0 saturated carbocycles. The number of aryl methyl sites for hydroxylation is 2. The predicted octanol–water partition coefficient (Wildman–Crippen LogP) is 2.46. The smallest absolute Gasteiger partial charge is 0.123 e. The molecule has 102 valence electrons. The highest BCUT2D eigenvalue weighted by molar-refractivity contribution is 5.39. The van der Waals surface area contributed by atoms with Gasteiger partial charge in [0.2, 0.25) is 0 Å². The number of ether oxygens (including phenoxy) is 1. The van der Waals surface area contributed by atoms with E-state index >= 15 is 0 Å². The summed E-state index contributed by atoms with van der Waals surface area (Å²) in [6, 6.07) is 6.02. The Morgan fingerprint density at radius 1 is 1.42 bits per heavy atom. The van der Waals surface area contributed by atoms with Crippen molar-refractivity contribution in [3.05, 3.63) is 47.3 Å². The van der Waals surface area contributed by atoms with Gasteiger partial charge in [-0.05, 0) is 31.9 Å². The molecule has 0 saturated heterocycles. The fraction of sp³-hybridized carbons (Fsp3) is 0.400. The van der Waals surface area contributed by atoms with E-state index in [9.17, 15) is 0 Å². The van der Waals surface area contributed by atoms with Crippen LogP contribution in [0.3, 0.4) is 0 Å². The van der Waals surface area contributed by atoms with Crippen molar-refractivity contribution in [3.63, 3.8) is 0 Å². The second-order valence-corrected chi connectivity index (χ2v) is 4.76. The van der Waals surface area contributed by atoms with Crippen molar-refractivity contribution in [1.29, 1.82) is 0 Å². The van der Waals surface area contributed by atoms with Crippen molar-refractivity contribution >= 4 is 0 Å². The maximum absolute atomic E-state index is 6.31. The molecule has 1 aromatic heterocycles. The molecule has 4 nitrogen and oxygen atoms in total. The molecule has 0 amide bonds. The third kappa shape index (κ3) is 3.15. The van der Waals surface area contributed by atoms with Gasteiger partial charge >= 0.3 is 0 Å². The van der Waals surface area contributed by atoms with Crippen molar-refractivity contribution in [2.45, 2.75) is 32.9 Å². The lowest BCUT2D eigenvalue weighted by molar-refractivity contribution is 0.405. The number of nitrogens with two attached hydrogens (primary N) is 1. The largest absolute Gasteiger partial charge is 0.496 e. The Morgan fingerprint density at radius 3 is 2.84 bits per heavy atom. The van der Waals surface area contributed by atoms with Gasteiger partial charge in [-0.3, -0.25) is 4.68 Å². The highest BCUT2D eigenvalue weighted by atomic mass is 16.5. The summed E-state index contributed by atoms with van der Waals surface area (Å²) < 4.78 is 7.30. The summed E-state index contributed by atoms with van der Waals surface area (Å²) in [4.78, 5) is 0. The van der Waals surface area contributed by atoms with Crippen LogP contribution in [0.1, 0.15) is 29.7 Å². The van der Waals surface area contributed by atoms with Gasteiger partial charge in [0.15, 0.2) is 0 Å². The zero-order chi connectivity index (χ0) is 13.8. The molecule has 19 heavy (non-hydrogen) atoms. The Morgan fingerprint density at radius 2 is 2.21 bits per heavy atom. The first-order valence-electron chi connectivity index (χ1n) is 6.55. The molecule has 0 aliphatic rings. The number of hydrogen-bond acceptors (Lipinski definition) is 3. The number of hydrogen-bond donors (Lipinski definition) is 1. The zero-order valence-corrected chi connectivity index (χ0v) is 11.8. The molecule has 2 N–H and O–H groups in total. The van der Waals surface area contributed by atoms with E-state index < -0.39 is 0 Å². The quantitative estimate of drug-likeness (QED) is 0.897. The summed E-state index contributed by atoms with van der Waals surface area (Å²) in [5, 5.41) is 4.27. The standard InChI is InChI=1S/C15H21N3O/c1-4-18-10-12(9-17-18)8-14(16)13-7-11(2)5-6-15(13)19-3/h5-7,9-10,14H,4,8,16H2,1-3H3. The summed E-state index contributed by atoms with van der Waals surface area (Å²) in [5.41, 5.74) is 9.70. The third-order valence-corrected chi connectivity index (χ3v) is 3.25. The molecule has 1 aromatic carbocycles. The van der Waals surface area contributed by atoms with Gasteiger partial charge in [-0.2, -0.15) is 5.10 Å². The van der Waals surface area contributed by atoms with Crippen LogP contribution < -0.4 is 10.5 Å².